The van der Waals surface area contributed by atoms with Gasteiger partial charge >= 0.3 is 5.97 Å². The molecule has 0 heterocycles. The van der Waals surface area contributed by atoms with Gasteiger partial charge in [-0.05, 0) is 25.5 Å². The molecule has 1 atom stereocenters. The summed E-state index contributed by atoms with van der Waals surface area (Å²) in [6.07, 6.45) is -0.552. The van der Waals surface area contributed by atoms with Gasteiger partial charge < -0.3 is 9.47 Å². The summed E-state index contributed by atoms with van der Waals surface area (Å²) in [5, 5.41) is 0. The van der Waals surface area contributed by atoms with E-state index in [1.54, 1.807) is 6.92 Å². The van der Waals surface area contributed by atoms with E-state index in [1.807, 2.05) is 32.0 Å². The number of ether oxygens (including phenoxy) is 2. The molecule has 1 aromatic rings. The van der Waals surface area contributed by atoms with Gasteiger partial charge in [0.25, 0.3) is 0 Å². The highest BCUT2D eigenvalue weighted by Crippen LogP contribution is 2.20. The Morgan fingerprint density at radius 2 is 2.00 bits per heavy atom. The Labute approximate surface area is 90.0 Å². The van der Waals surface area contributed by atoms with Crippen molar-refractivity contribution in [3.05, 3.63) is 29.3 Å². The number of rotatable bonds is 3. The summed E-state index contributed by atoms with van der Waals surface area (Å²) in [6.45, 7) is 7.04. The third kappa shape index (κ3) is 3.62. The molecule has 0 aliphatic heterocycles. The van der Waals surface area contributed by atoms with E-state index in [1.165, 1.54) is 12.5 Å². The fourth-order valence-corrected chi connectivity index (χ4v) is 1.37. The highest BCUT2D eigenvalue weighted by atomic mass is 16.7. The maximum atomic E-state index is 10.7. The average Bonchev–Trinajstić information content (AvgIpc) is 2.08. The lowest BCUT2D eigenvalue weighted by atomic mass is 10.1. The van der Waals surface area contributed by atoms with Crippen LogP contribution in [-0.2, 0) is 9.53 Å². The summed E-state index contributed by atoms with van der Waals surface area (Å²) in [7, 11) is 0. The van der Waals surface area contributed by atoms with Crippen LogP contribution in [0.4, 0.5) is 0 Å². The molecule has 0 saturated carbocycles. The van der Waals surface area contributed by atoms with Crippen LogP contribution in [0.5, 0.6) is 5.75 Å². The Morgan fingerprint density at radius 3 is 2.53 bits per heavy atom. The predicted molar refractivity (Wildman–Crippen MR) is 57.8 cm³/mol. The van der Waals surface area contributed by atoms with Crippen LogP contribution in [-0.4, -0.2) is 12.3 Å². The molecular weight excluding hydrogens is 192 g/mol. The van der Waals surface area contributed by atoms with Gasteiger partial charge in [0.1, 0.15) is 5.75 Å². The van der Waals surface area contributed by atoms with E-state index in [0.29, 0.717) is 0 Å². The zero-order valence-corrected chi connectivity index (χ0v) is 9.53. The first-order valence-corrected chi connectivity index (χ1v) is 4.90. The molecular formula is C12H16O3. The number of hydrogen-bond acceptors (Lipinski definition) is 3. The number of carbonyl (C=O) groups excluding carboxylic acids is 1. The van der Waals surface area contributed by atoms with Crippen molar-refractivity contribution in [2.75, 3.05) is 0 Å². The van der Waals surface area contributed by atoms with Crippen LogP contribution in [0, 0.1) is 13.8 Å². The first-order valence-electron chi connectivity index (χ1n) is 4.90. The quantitative estimate of drug-likeness (QED) is 0.565. The van der Waals surface area contributed by atoms with Crippen molar-refractivity contribution in [3.8, 4) is 5.75 Å². The second kappa shape index (κ2) is 4.82. The molecule has 0 radical (unpaired) electrons. The summed E-state index contributed by atoms with van der Waals surface area (Å²) in [5.41, 5.74) is 2.22. The SMILES string of the molecule is CC(=O)OC(C)Oc1ccc(C)cc1C. The molecule has 0 aliphatic carbocycles. The first-order chi connectivity index (χ1) is 6.99. The predicted octanol–water partition coefficient (Wildman–Crippen LogP) is 2.59. The lowest BCUT2D eigenvalue weighted by Gasteiger charge is -2.16. The summed E-state index contributed by atoms with van der Waals surface area (Å²) in [5.74, 6) is 0.404. The lowest BCUT2D eigenvalue weighted by molar-refractivity contribution is -0.158. The summed E-state index contributed by atoms with van der Waals surface area (Å²) in [6, 6.07) is 5.86. The van der Waals surface area contributed by atoms with Gasteiger partial charge in [0.05, 0.1) is 0 Å². The lowest BCUT2D eigenvalue weighted by Crippen LogP contribution is -2.19. The monoisotopic (exact) mass is 208 g/mol. The van der Waals surface area contributed by atoms with Crippen LogP contribution < -0.4 is 4.74 Å². The largest absolute Gasteiger partial charge is 0.455 e. The van der Waals surface area contributed by atoms with Crippen molar-refractivity contribution < 1.29 is 14.3 Å². The molecule has 0 fully saturated rings. The number of carbonyl (C=O) groups is 1. The van der Waals surface area contributed by atoms with Crippen molar-refractivity contribution in [2.45, 2.75) is 34.0 Å². The third-order valence-electron chi connectivity index (χ3n) is 1.96. The number of esters is 1. The normalized spacial score (nSPS) is 12.0. The van der Waals surface area contributed by atoms with E-state index >= 15 is 0 Å². The van der Waals surface area contributed by atoms with Crippen LogP contribution in [0.25, 0.3) is 0 Å². The minimum absolute atomic E-state index is 0.340. The molecule has 0 N–H and O–H groups in total. The topological polar surface area (TPSA) is 35.5 Å². The maximum absolute atomic E-state index is 10.7. The van der Waals surface area contributed by atoms with Crippen LogP contribution in [0.15, 0.2) is 18.2 Å². The van der Waals surface area contributed by atoms with Gasteiger partial charge in [-0.25, -0.2) is 0 Å². The molecule has 82 valence electrons. The van der Waals surface area contributed by atoms with E-state index in [-0.39, 0.29) is 5.97 Å². The second-order valence-electron chi connectivity index (χ2n) is 3.56. The molecule has 1 unspecified atom stereocenters. The van der Waals surface area contributed by atoms with Gasteiger partial charge in [-0.15, -0.1) is 0 Å². The Morgan fingerprint density at radius 1 is 1.33 bits per heavy atom. The zero-order valence-electron chi connectivity index (χ0n) is 9.53. The smallest absolute Gasteiger partial charge is 0.305 e. The summed E-state index contributed by atoms with van der Waals surface area (Å²) in [4.78, 5) is 10.7. The van der Waals surface area contributed by atoms with Crippen molar-refractivity contribution in [1.29, 1.82) is 0 Å². The fourth-order valence-electron chi connectivity index (χ4n) is 1.37. The standard InChI is InChI=1S/C12H16O3/c1-8-5-6-12(9(2)7-8)15-11(4)14-10(3)13/h5-7,11H,1-4H3. The van der Waals surface area contributed by atoms with Gasteiger partial charge in [-0.2, -0.15) is 0 Å². The van der Waals surface area contributed by atoms with Crippen LogP contribution in [0.3, 0.4) is 0 Å². The molecule has 0 bridgehead atoms. The Kier molecular flexibility index (Phi) is 3.72. The summed E-state index contributed by atoms with van der Waals surface area (Å²) < 4.78 is 10.3. The first kappa shape index (κ1) is 11.6. The molecule has 3 heteroatoms. The highest BCUT2D eigenvalue weighted by Gasteiger charge is 2.08. The third-order valence-corrected chi connectivity index (χ3v) is 1.96. The number of aryl methyl sites for hydroxylation is 2. The maximum Gasteiger partial charge on any atom is 0.305 e. The van der Waals surface area contributed by atoms with Gasteiger partial charge in [-0.1, -0.05) is 17.7 Å². The fraction of sp³-hybridized carbons (Fsp3) is 0.417. The van der Waals surface area contributed by atoms with Gasteiger partial charge in [0, 0.05) is 13.8 Å². The van der Waals surface area contributed by atoms with E-state index < -0.39 is 6.29 Å². The molecule has 1 rings (SSSR count). The van der Waals surface area contributed by atoms with Crippen molar-refractivity contribution in [3.63, 3.8) is 0 Å². The van der Waals surface area contributed by atoms with Gasteiger partial charge in [-0.3, -0.25) is 4.79 Å². The zero-order chi connectivity index (χ0) is 11.4. The van der Waals surface area contributed by atoms with Gasteiger partial charge in [0.15, 0.2) is 0 Å². The highest BCUT2D eigenvalue weighted by molar-refractivity contribution is 5.66. The van der Waals surface area contributed by atoms with Crippen molar-refractivity contribution in [2.24, 2.45) is 0 Å². The molecule has 0 aromatic heterocycles. The number of benzene rings is 1. The van der Waals surface area contributed by atoms with E-state index in [2.05, 4.69) is 0 Å². The molecule has 0 spiro atoms. The van der Waals surface area contributed by atoms with Crippen molar-refractivity contribution >= 4 is 5.97 Å². The second-order valence-corrected chi connectivity index (χ2v) is 3.56. The summed E-state index contributed by atoms with van der Waals surface area (Å²) >= 11 is 0. The molecule has 15 heavy (non-hydrogen) atoms. The Balaban J connectivity index is 2.68. The Bertz CT molecular complexity index is 358. The van der Waals surface area contributed by atoms with E-state index in [9.17, 15) is 4.79 Å². The Hall–Kier alpha value is -1.51. The average molecular weight is 208 g/mol. The minimum atomic E-state index is -0.552. The van der Waals surface area contributed by atoms with Crippen LogP contribution >= 0.6 is 0 Å². The minimum Gasteiger partial charge on any atom is -0.455 e. The van der Waals surface area contributed by atoms with E-state index in [0.717, 1.165) is 11.3 Å². The molecule has 1 aromatic carbocycles. The van der Waals surface area contributed by atoms with Crippen LogP contribution in [0.1, 0.15) is 25.0 Å². The van der Waals surface area contributed by atoms with Gasteiger partial charge in [0.2, 0.25) is 6.29 Å². The van der Waals surface area contributed by atoms with Crippen LogP contribution in [0.2, 0.25) is 0 Å². The molecule has 0 saturated heterocycles. The molecule has 0 aliphatic rings. The number of hydrogen-bond donors (Lipinski definition) is 0. The van der Waals surface area contributed by atoms with Crippen molar-refractivity contribution in [1.82, 2.24) is 0 Å². The molecule has 3 nitrogen and oxygen atoms in total. The molecule has 0 amide bonds. The van der Waals surface area contributed by atoms with E-state index in [4.69, 9.17) is 9.47 Å².